The number of fused-ring (bicyclic) bond motifs is 1. The third-order valence-electron chi connectivity index (χ3n) is 2.52. The second-order valence-corrected chi connectivity index (χ2v) is 3.96. The number of carbonyl (C=O) groups is 1. The number of rotatable bonds is 5. The molecule has 0 amide bonds. The summed E-state index contributed by atoms with van der Waals surface area (Å²) in [6.07, 6.45) is 0.180. The number of aromatic amines is 1. The van der Waals surface area contributed by atoms with E-state index in [1.807, 2.05) is 0 Å². The molecule has 0 bridgehead atoms. The first-order valence-electron chi connectivity index (χ1n) is 5.56. The predicted molar refractivity (Wildman–Crippen MR) is 61.9 cm³/mol. The average Bonchev–Trinajstić information content (AvgIpc) is 2.77. The number of pyridine rings is 1. The van der Waals surface area contributed by atoms with Crippen molar-refractivity contribution in [2.45, 2.75) is 12.6 Å². The molecule has 0 fully saturated rings. The number of carbonyl (C=O) groups excluding carboxylic acids is 1. The van der Waals surface area contributed by atoms with Gasteiger partial charge in [0.2, 0.25) is 0 Å². The molecule has 2 rings (SSSR count). The van der Waals surface area contributed by atoms with E-state index in [4.69, 9.17) is 0 Å². The van der Waals surface area contributed by atoms with Crippen LogP contribution in [0.15, 0.2) is 24.7 Å². The lowest BCUT2D eigenvalue weighted by molar-refractivity contribution is -0.173. The largest absolute Gasteiger partial charge is 0.411 e. The van der Waals surface area contributed by atoms with Crippen LogP contribution in [0.5, 0.6) is 0 Å². The van der Waals surface area contributed by atoms with Gasteiger partial charge in [-0.15, -0.1) is 0 Å². The SMILES string of the molecule is O=C(CCOCC(F)(F)F)c1c[nH]c2ccncc12. The van der Waals surface area contributed by atoms with Gasteiger partial charge in [-0.25, -0.2) is 0 Å². The molecular formula is C12H11F3N2O2. The molecule has 0 aromatic carbocycles. The summed E-state index contributed by atoms with van der Waals surface area (Å²) in [5.41, 5.74) is 1.17. The van der Waals surface area contributed by atoms with Crippen molar-refractivity contribution >= 4 is 16.7 Å². The summed E-state index contributed by atoms with van der Waals surface area (Å²) in [5.74, 6) is -0.276. The summed E-state index contributed by atoms with van der Waals surface area (Å²) in [4.78, 5) is 18.6. The van der Waals surface area contributed by atoms with Crippen LogP contribution in [-0.4, -0.2) is 35.1 Å². The van der Waals surface area contributed by atoms with Crippen LogP contribution in [0.1, 0.15) is 16.8 Å². The van der Waals surface area contributed by atoms with Crippen molar-refractivity contribution in [1.82, 2.24) is 9.97 Å². The van der Waals surface area contributed by atoms with E-state index in [1.54, 1.807) is 12.3 Å². The number of alkyl halides is 3. The van der Waals surface area contributed by atoms with E-state index in [2.05, 4.69) is 14.7 Å². The number of ether oxygens (including phenoxy) is 1. The van der Waals surface area contributed by atoms with Gasteiger partial charge in [0.05, 0.1) is 6.61 Å². The predicted octanol–water partition coefficient (Wildman–Crippen LogP) is 2.71. The molecule has 4 nitrogen and oxygen atoms in total. The minimum Gasteiger partial charge on any atom is -0.372 e. The molecule has 0 aliphatic carbocycles. The van der Waals surface area contributed by atoms with Crippen molar-refractivity contribution < 1.29 is 22.7 Å². The molecule has 1 N–H and O–H groups in total. The highest BCUT2D eigenvalue weighted by Gasteiger charge is 2.27. The summed E-state index contributed by atoms with van der Waals surface area (Å²) in [7, 11) is 0. The zero-order valence-corrected chi connectivity index (χ0v) is 9.83. The zero-order valence-electron chi connectivity index (χ0n) is 9.83. The lowest BCUT2D eigenvalue weighted by Gasteiger charge is -2.06. The number of H-pyrrole nitrogens is 1. The molecule has 0 aliphatic heterocycles. The summed E-state index contributed by atoms with van der Waals surface area (Å²) >= 11 is 0. The van der Waals surface area contributed by atoms with E-state index in [9.17, 15) is 18.0 Å². The average molecular weight is 272 g/mol. The Kier molecular flexibility index (Phi) is 3.84. The Labute approximate surface area is 106 Å². The highest BCUT2D eigenvalue weighted by atomic mass is 19.4. The Morgan fingerprint density at radius 3 is 2.95 bits per heavy atom. The highest BCUT2D eigenvalue weighted by molar-refractivity contribution is 6.07. The number of aromatic nitrogens is 2. The Morgan fingerprint density at radius 2 is 2.21 bits per heavy atom. The number of nitrogens with one attached hydrogen (secondary N) is 1. The van der Waals surface area contributed by atoms with Gasteiger partial charge in [0.1, 0.15) is 6.61 Å². The first-order valence-corrected chi connectivity index (χ1v) is 5.56. The molecule has 2 aromatic rings. The molecule has 2 heterocycles. The van der Waals surface area contributed by atoms with E-state index in [-0.39, 0.29) is 18.8 Å². The van der Waals surface area contributed by atoms with E-state index in [0.29, 0.717) is 10.9 Å². The van der Waals surface area contributed by atoms with Gasteiger partial charge in [-0.2, -0.15) is 13.2 Å². The maximum atomic E-state index is 11.8. The van der Waals surface area contributed by atoms with E-state index in [0.717, 1.165) is 5.52 Å². The molecule has 2 aromatic heterocycles. The van der Waals surface area contributed by atoms with E-state index < -0.39 is 12.8 Å². The van der Waals surface area contributed by atoms with Crippen molar-refractivity contribution in [3.63, 3.8) is 0 Å². The smallest absolute Gasteiger partial charge is 0.372 e. The van der Waals surface area contributed by atoms with E-state index in [1.165, 1.54) is 12.4 Å². The molecule has 0 spiro atoms. The standard InChI is InChI=1S/C12H11F3N2O2/c13-12(14,15)7-19-4-2-11(18)9-6-17-10-1-3-16-5-8(9)10/h1,3,5-6,17H,2,4,7H2. The van der Waals surface area contributed by atoms with Crippen LogP contribution >= 0.6 is 0 Å². The normalized spacial score (nSPS) is 11.9. The number of nitrogens with zero attached hydrogens (tertiary/aromatic N) is 1. The van der Waals surface area contributed by atoms with Gasteiger partial charge in [-0.05, 0) is 6.07 Å². The molecular weight excluding hydrogens is 261 g/mol. The second-order valence-electron chi connectivity index (χ2n) is 3.96. The summed E-state index contributed by atoms with van der Waals surface area (Å²) in [5, 5.41) is 0.656. The Bertz CT molecular complexity index is 578. The van der Waals surface area contributed by atoms with Crippen LogP contribution in [0, 0.1) is 0 Å². The molecule has 102 valence electrons. The fourth-order valence-electron chi connectivity index (χ4n) is 1.68. The van der Waals surface area contributed by atoms with Crippen LogP contribution in [0.4, 0.5) is 13.2 Å². The summed E-state index contributed by atoms with van der Waals surface area (Å²) < 4.78 is 39.9. The second kappa shape index (κ2) is 5.40. The molecule has 0 saturated carbocycles. The lowest BCUT2D eigenvalue weighted by atomic mass is 10.1. The summed E-state index contributed by atoms with van der Waals surface area (Å²) in [6, 6.07) is 1.71. The van der Waals surface area contributed by atoms with Crippen LogP contribution in [0.2, 0.25) is 0 Å². The molecule has 0 aliphatic rings. The maximum absolute atomic E-state index is 11.8. The minimum atomic E-state index is -4.37. The Balaban J connectivity index is 1.93. The maximum Gasteiger partial charge on any atom is 0.411 e. The number of halogens is 3. The highest BCUT2D eigenvalue weighted by Crippen LogP contribution is 2.18. The number of hydrogen-bond acceptors (Lipinski definition) is 3. The van der Waals surface area contributed by atoms with Gasteiger partial charge < -0.3 is 9.72 Å². The van der Waals surface area contributed by atoms with Gasteiger partial charge in [0.15, 0.2) is 5.78 Å². The van der Waals surface area contributed by atoms with Gasteiger partial charge in [0.25, 0.3) is 0 Å². The number of ketones is 1. The molecule has 19 heavy (non-hydrogen) atoms. The van der Waals surface area contributed by atoms with Crippen molar-refractivity contribution in [2.75, 3.05) is 13.2 Å². The fraction of sp³-hybridized carbons (Fsp3) is 0.333. The van der Waals surface area contributed by atoms with Gasteiger partial charge in [0, 0.05) is 41.5 Å². The Morgan fingerprint density at radius 1 is 1.42 bits per heavy atom. The van der Waals surface area contributed by atoms with Gasteiger partial charge in [-0.1, -0.05) is 0 Å². The Hall–Kier alpha value is -1.89. The molecule has 0 saturated heterocycles. The number of Topliss-reactive ketones (excluding diaryl/α,β-unsaturated/α-hetero) is 1. The quantitative estimate of drug-likeness (QED) is 0.672. The van der Waals surface area contributed by atoms with Crippen molar-refractivity contribution in [1.29, 1.82) is 0 Å². The van der Waals surface area contributed by atoms with Crippen molar-refractivity contribution in [2.24, 2.45) is 0 Å². The number of hydrogen-bond donors (Lipinski definition) is 1. The lowest BCUT2D eigenvalue weighted by Crippen LogP contribution is -2.18. The molecule has 0 atom stereocenters. The minimum absolute atomic E-state index is 0.0993. The van der Waals surface area contributed by atoms with Crippen LogP contribution in [0.3, 0.4) is 0 Å². The van der Waals surface area contributed by atoms with Crippen molar-refractivity contribution in [3.05, 3.63) is 30.2 Å². The van der Waals surface area contributed by atoms with Gasteiger partial charge >= 0.3 is 6.18 Å². The first kappa shape index (κ1) is 13.5. The molecule has 7 heteroatoms. The van der Waals surface area contributed by atoms with Gasteiger partial charge in [-0.3, -0.25) is 9.78 Å². The summed E-state index contributed by atoms with van der Waals surface area (Å²) in [6.45, 7) is -1.60. The topological polar surface area (TPSA) is 55.0 Å². The van der Waals surface area contributed by atoms with Crippen LogP contribution in [-0.2, 0) is 4.74 Å². The van der Waals surface area contributed by atoms with E-state index >= 15 is 0 Å². The molecule has 0 unspecified atom stereocenters. The monoisotopic (exact) mass is 272 g/mol. The third kappa shape index (κ3) is 3.54. The fourth-order valence-corrected chi connectivity index (χ4v) is 1.68. The van der Waals surface area contributed by atoms with Crippen LogP contribution in [0.25, 0.3) is 10.9 Å². The zero-order chi connectivity index (χ0) is 13.9. The van der Waals surface area contributed by atoms with Crippen molar-refractivity contribution in [3.8, 4) is 0 Å². The first-order chi connectivity index (χ1) is 8.97. The molecule has 0 radical (unpaired) electrons. The third-order valence-corrected chi connectivity index (χ3v) is 2.52. The van der Waals surface area contributed by atoms with Crippen LogP contribution < -0.4 is 0 Å².